The topological polar surface area (TPSA) is 61.3 Å². The number of rotatable bonds is 3. The van der Waals surface area contributed by atoms with Crippen molar-refractivity contribution >= 4 is 23.4 Å². The van der Waals surface area contributed by atoms with Gasteiger partial charge in [0.2, 0.25) is 0 Å². The zero-order chi connectivity index (χ0) is 14.3. The zero-order valence-corrected chi connectivity index (χ0v) is 12.8. The number of aromatic nitrogens is 2. The van der Waals surface area contributed by atoms with E-state index in [0.29, 0.717) is 11.6 Å². The molecule has 0 amide bonds. The summed E-state index contributed by atoms with van der Waals surface area (Å²) in [5.41, 5.74) is 0.0342. The Bertz CT molecular complexity index is 474. The van der Waals surface area contributed by atoms with Crippen LogP contribution in [0.2, 0.25) is 0 Å². The Hall–Kier alpha value is -0.785. The normalized spacial score (nSPS) is 22.5. The second-order valence-corrected chi connectivity index (χ2v) is 7.17. The van der Waals surface area contributed by atoms with Gasteiger partial charge in [-0.25, -0.2) is 9.97 Å². The zero-order valence-electron chi connectivity index (χ0n) is 12.0. The highest BCUT2D eigenvalue weighted by Gasteiger charge is 2.51. The molecule has 1 aromatic rings. The van der Waals surface area contributed by atoms with E-state index in [9.17, 15) is 4.21 Å². The van der Waals surface area contributed by atoms with Gasteiger partial charge in [0.05, 0.1) is 17.0 Å². The summed E-state index contributed by atoms with van der Waals surface area (Å²) in [4.78, 5) is 8.39. The monoisotopic (exact) mass is 282 g/mol. The third-order valence-corrected chi connectivity index (χ3v) is 4.25. The molecule has 2 heterocycles. The molecule has 0 aromatic carbocycles. The molecular formula is C12H19BN2O3S. The number of hydrogen-bond donors (Lipinski definition) is 0. The molecule has 104 valence electrons. The molecule has 1 aliphatic rings. The van der Waals surface area contributed by atoms with E-state index in [1.807, 2.05) is 27.7 Å². The minimum absolute atomic E-state index is 0.365. The molecule has 0 N–H and O–H groups in total. The third kappa shape index (κ3) is 3.04. The van der Waals surface area contributed by atoms with Gasteiger partial charge in [-0.1, -0.05) is 0 Å². The summed E-state index contributed by atoms with van der Waals surface area (Å²) in [5.74, 6) is 0.935. The SMILES string of the molecule is CS(=O)Cc1ncc(B2OC(C)(C)C(C)(C)O2)cn1. The lowest BCUT2D eigenvalue weighted by molar-refractivity contribution is 0.00578. The quantitative estimate of drug-likeness (QED) is 0.762. The lowest BCUT2D eigenvalue weighted by atomic mass is 9.81. The predicted molar refractivity (Wildman–Crippen MR) is 75.5 cm³/mol. The first-order valence-corrected chi connectivity index (χ1v) is 7.90. The predicted octanol–water partition coefficient (Wildman–Crippen LogP) is 0.654. The van der Waals surface area contributed by atoms with E-state index in [1.54, 1.807) is 18.6 Å². The van der Waals surface area contributed by atoms with Gasteiger partial charge >= 0.3 is 7.12 Å². The summed E-state index contributed by atoms with van der Waals surface area (Å²) in [6.45, 7) is 8.01. The molecule has 0 aliphatic carbocycles. The van der Waals surface area contributed by atoms with Crippen molar-refractivity contribution in [2.24, 2.45) is 0 Å². The molecule has 0 radical (unpaired) electrons. The van der Waals surface area contributed by atoms with Gasteiger partial charge in [-0.05, 0) is 27.7 Å². The number of nitrogens with zero attached hydrogens (tertiary/aromatic N) is 2. The van der Waals surface area contributed by atoms with Gasteiger partial charge in [0.25, 0.3) is 0 Å². The summed E-state index contributed by atoms with van der Waals surface area (Å²) in [6.07, 6.45) is 4.99. The van der Waals surface area contributed by atoms with E-state index < -0.39 is 17.9 Å². The molecule has 2 rings (SSSR count). The van der Waals surface area contributed by atoms with Crippen LogP contribution in [0.25, 0.3) is 0 Å². The van der Waals surface area contributed by atoms with Crippen LogP contribution in [0.1, 0.15) is 33.5 Å². The average molecular weight is 282 g/mol. The van der Waals surface area contributed by atoms with E-state index >= 15 is 0 Å². The highest BCUT2D eigenvalue weighted by atomic mass is 32.2. The summed E-state index contributed by atoms with van der Waals surface area (Å²) in [7, 11) is -1.39. The minimum Gasteiger partial charge on any atom is -0.399 e. The Morgan fingerprint density at radius 3 is 2.05 bits per heavy atom. The van der Waals surface area contributed by atoms with E-state index in [-0.39, 0.29) is 11.2 Å². The summed E-state index contributed by atoms with van der Waals surface area (Å²) >= 11 is 0. The van der Waals surface area contributed by atoms with Crippen molar-refractivity contribution in [2.45, 2.75) is 44.6 Å². The summed E-state index contributed by atoms with van der Waals surface area (Å²) in [6, 6.07) is 0. The highest BCUT2D eigenvalue weighted by Crippen LogP contribution is 2.36. The molecule has 1 aliphatic heterocycles. The van der Waals surface area contributed by atoms with Crippen LogP contribution in [0.4, 0.5) is 0 Å². The Balaban J connectivity index is 2.14. The van der Waals surface area contributed by atoms with Gasteiger partial charge in [-0.2, -0.15) is 0 Å². The van der Waals surface area contributed by atoms with Gasteiger partial charge in [0, 0.05) is 34.9 Å². The Morgan fingerprint density at radius 2 is 1.63 bits per heavy atom. The lowest BCUT2D eigenvalue weighted by Crippen LogP contribution is -2.41. The van der Waals surface area contributed by atoms with Gasteiger partial charge in [0.1, 0.15) is 5.82 Å². The molecule has 1 atom stereocenters. The standard InChI is InChI=1S/C12H19BN2O3S/c1-11(2)12(3,4)18-13(17-11)9-6-14-10(15-7-9)8-19(5)16/h6-7H,8H2,1-5H3. The largest absolute Gasteiger partial charge is 0.498 e. The fourth-order valence-corrected chi connectivity index (χ4v) is 2.23. The fourth-order valence-electron chi connectivity index (χ4n) is 1.72. The lowest BCUT2D eigenvalue weighted by Gasteiger charge is -2.32. The molecule has 5 nitrogen and oxygen atoms in total. The molecule has 1 saturated heterocycles. The second kappa shape index (κ2) is 4.96. The van der Waals surface area contributed by atoms with E-state index in [1.165, 1.54) is 0 Å². The van der Waals surface area contributed by atoms with E-state index in [0.717, 1.165) is 5.46 Å². The highest BCUT2D eigenvalue weighted by molar-refractivity contribution is 7.83. The maximum atomic E-state index is 11.1. The third-order valence-electron chi connectivity index (χ3n) is 3.58. The minimum atomic E-state index is -0.938. The van der Waals surface area contributed by atoms with Gasteiger partial charge in [-0.3, -0.25) is 4.21 Å². The van der Waals surface area contributed by atoms with Crippen molar-refractivity contribution in [3.8, 4) is 0 Å². The van der Waals surface area contributed by atoms with Crippen molar-refractivity contribution in [2.75, 3.05) is 6.26 Å². The molecule has 0 bridgehead atoms. The molecule has 1 fully saturated rings. The van der Waals surface area contributed by atoms with Crippen LogP contribution in [0.5, 0.6) is 0 Å². The van der Waals surface area contributed by atoms with Crippen molar-refractivity contribution in [3.63, 3.8) is 0 Å². The van der Waals surface area contributed by atoms with E-state index in [4.69, 9.17) is 9.31 Å². The molecule has 0 spiro atoms. The van der Waals surface area contributed by atoms with Crippen LogP contribution < -0.4 is 5.46 Å². The van der Waals surface area contributed by atoms with Crippen LogP contribution >= 0.6 is 0 Å². The summed E-state index contributed by atoms with van der Waals surface area (Å²) in [5, 5.41) is 0. The first-order chi connectivity index (χ1) is 8.71. The van der Waals surface area contributed by atoms with Crippen LogP contribution in [0, 0.1) is 0 Å². The van der Waals surface area contributed by atoms with Gasteiger partial charge < -0.3 is 9.31 Å². The van der Waals surface area contributed by atoms with Crippen molar-refractivity contribution in [3.05, 3.63) is 18.2 Å². The molecule has 19 heavy (non-hydrogen) atoms. The van der Waals surface area contributed by atoms with Crippen LogP contribution in [0.15, 0.2) is 12.4 Å². The smallest absolute Gasteiger partial charge is 0.399 e. The van der Waals surface area contributed by atoms with Crippen molar-refractivity contribution in [1.29, 1.82) is 0 Å². The Kier molecular flexibility index (Phi) is 3.82. The first-order valence-electron chi connectivity index (χ1n) is 6.18. The maximum Gasteiger partial charge on any atom is 0.498 e. The summed E-state index contributed by atoms with van der Waals surface area (Å²) < 4.78 is 22.9. The second-order valence-electron chi connectivity index (χ2n) is 5.74. The molecular weight excluding hydrogens is 263 g/mol. The molecule has 1 unspecified atom stereocenters. The Morgan fingerprint density at radius 1 is 1.16 bits per heavy atom. The first kappa shape index (κ1) is 14.6. The number of hydrogen-bond acceptors (Lipinski definition) is 5. The van der Waals surface area contributed by atoms with Crippen LogP contribution in [-0.4, -0.2) is 38.8 Å². The van der Waals surface area contributed by atoms with Crippen LogP contribution in [0.3, 0.4) is 0 Å². The average Bonchev–Trinajstić information content (AvgIpc) is 2.48. The maximum absolute atomic E-state index is 11.1. The van der Waals surface area contributed by atoms with Crippen LogP contribution in [-0.2, 0) is 25.9 Å². The fraction of sp³-hybridized carbons (Fsp3) is 0.667. The molecule has 7 heteroatoms. The van der Waals surface area contributed by atoms with Crippen molar-refractivity contribution < 1.29 is 13.5 Å². The van der Waals surface area contributed by atoms with Gasteiger partial charge in [-0.15, -0.1) is 0 Å². The Labute approximate surface area is 116 Å². The molecule has 1 aromatic heterocycles. The van der Waals surface area contributed by atoms with Gasteiger partial charge in [0.15, 0.2) is 0 Å². The van der Waals surface area contributed by atoms with E-state index in [2.05, 4.69) is 9.97 Å². The molecule has 0 saturated carbocycles. The van der Waals surface area contributed by atoms with Crippen molar-refractivity contribution in [1.82, 2.24) is 9.97 Å².